The summed E-state index contributed by atoms with van der Waals surface area (Å²) in [6, 6.07) is 0. The van der Waals surface area contributed by atoms with E-state index < -0.39 is 7.25 Å². The summed E-state index contributed by atoms with van der Waals surface area (Å²) in [6.45, 7) is 14.7. The van der Waals surface area contributed by atoms with Gasteiger partial charge in [0, 0.05) is 0 Å². The molecule has 0 aromatic rings. The molecule has 106 valence electrons. The summed E-state index contributed by atoms with van der Waals surface area (Å²) >= 11 is 0. The topological polar surface area (TPSA) is 0 Å². The van der Waals surface area contributed by atoms with Gasteiger partial charge in [0.25, 0.3) is 0 Å². The van der Waals surface area contributed by atoms with Crippen molar-refractivity contribution in [3.05, 3.63) is 0 Å². The Morgan fingerprint density at radius 1 is 0.765 bits per heavy atom. The maximum Gasteiger partial charge on any atom is 1.00 e. The molecule has 0 bridgehead atoms. The van der Waals surface area contributed by atoms with Crippen LogP contribution in [0.3, 0.4) is 0 Å². The van der Waals surface area contributed by atoms with Crippen LogP contribution in [0.25, 0.3) is 0 Å². The summed E-state index contributed by atoms with van der Waals surface area (Å²) in [5.41, 5.74) is 0. The van der Waals surface area contributed by atoms with Crippen molar-refractivity contribution in [2.24, 2.45) is 0 Å². The summed E-state index contributed by atoms with van der Waals surface area (Å²) in [6.07, 6.45) is 3.98. The zero-order valence-corrected chi connectivity index (χ0v) is 11.5. The van der Waals surface area contributed by atoms with Gasteiger partial charge in [-0.3, -0.25) is 0 Å². The Balaban J connectivity index is -0.000000321. The lowest BCUT2D eigenvalue weighted by atomic mass is 10.2. The van der Waals surface area contributed by atoms with Gasteiger partial charge in [-0.1, -0.05) is 20.8 Å². The molecule has 17 heavy (non-hydrogen) atoms. The van der Waals surface area contributed by atoms with E-state index in [1.165, 1.54) is 49.9 Å². The third-order valence-corrected chi connectivity index (χ3v) is 2.76. The number of hydrogen-bond donors (Lipinski definition) is 0. The fourth-order valence-corrected chi connectivity index (χ4v) is 2.23. The second kappa shape index (κ2) is 9.74. The summed E-state index contributed by atoms with van der Waals surface area (Å²) in [4.78, 5) is 0. The van der Waals surface area contributed by atoms with Crippen LogP contribution in [0.2, 0.25) is 0 Å². The van der Waals surface area contributed by atoms with Crippen LogP contribution in [0.1, 0.15) is 48.4 Å². The van der Waals surface area contributed by atoms with Crippen molar-refractivity contribution >= 4 is 7.25 Å². The molecule has 0 N–H and O–H groups in total. The van der Waals surface area contributed by atoms with Crippen molar-refractivity contribution in [1.82, 2.24) is 0 Å². The molecule has 0 fully saturated rings. The lowest BCUT2D eigenvalue weighted by Gasteiger charge is -2.37. The second-order valence-corrected chi connectivity index (χ2v) is 4.32. The zero-order valence-electron chi connectivity index (χ0n) is 12.5. The van der Waals surface area contributed by atoms with Gasteiger partial charge in [0.2, 0.25) is 0 Å². The summed E-state index contributed by atoms with van der Waals surface area (Å²) < 4.78 is 40.4. The van der Waals surface area contributed by atoms with Crippen molar-refractivity contribution < 1.29 is 23.2 Å². The van der Waals surface area contributed by atoms with Crippen molar-refractivity contribution in [2.75, 3.05) is 26.2 Å². The number of hydrogen-bond acceptors (Lipinski definition) is 0. The van der Waals surface area contributed by atoms with Gasteiger partial charge >= 0.3 is 8.68 Å². The van der Waals surface area contributed by atoms with E-state index in [0.717, 1.165) is 0 Å². The molecule has 0 aliphatic heterocycles. The number of nitrogens with zero attached hydrogens (tertiary/aromatic N) is 1. The standard InChI is InChI=1S/C11H26N.BF4/c1-5-9-12(8-4,10-6-2)11-7-3;2-1(3,4)5/h5-11H2,1-4H3;/q+1;-1/p+1. The third kappa shape index (κ3) is 13.7. The average molecular weight is 260 g/mol. The molecular formula is C11H27BF4N+. The van der Waals surface area contributed by atoms with Crippen LogP contribution in [0.15, 0.2) is 0 Å². The van der Waals surface area contributed by atoms with Crippen molar-refractivity contribution in [3.63, 3.8) is 0 Å². The first-order chi connectivity index (χ1) is 7.74. The molecule has 0 aromatic heterocycles. The monoisotopic (exact) mass is 260 g/mol. The molecule has 0 aliphatic rings. The lowest BCUT2D eigenvalue weighted by molar-refractivity contribution is -0.926. The molecule has 0 atom stereocenters. The Bertz CT molecular complexity index is 156. The Hall–Kier alpha value is -0.255. The summed E-state index contributed by atoms with van der Waals surface area (Å²) in [5, 5.41) is 0. The maximum atomic E-state index is 9.75. The van der Waals surface area contributed by atoms with E-state index in [-0.39, 0.29) is 1.43 Å². The van der Waals surface area contributed by atoms with E-state index >= 15 is 0 Å². The van der Waals surface area contributed by atoms with Gasteiger partial charge in [-0.25, -0.2) is 0 Å². The molecule has 0 saturated carbocycles. The highest BCUT2D eigenvalue weighted by Gasteiger charge is 2.21. The van der Waals surface area contributed by atoms with Crippen LogP contribution in [0, 0.1) is 0 Å². The Morgan fingerprint density at radius 3 is 1.12 bits per heavy atom. The van der Waals surface area contributed by atoms with E-state index in [0.29, 0.717) is 0 Å². The molecular weight excluding hydrogens is 233 g/mol. The van der Waals surface area contributed by atoms with Crippen LogP contribution in [0.4, 0.5) is 17.3 Å². The van der Waals surface area contributed by atoms with E-state index in [9.17, 15) is 17.3 Å². The highest BCUT2D eigenvalue weighted by Crippen LogP contribution is 2.10. The third-order valence-electron chi connectivity index (χ3n) is 2.76. The van der Waals surface area contributed by atoms with Gasteiger partial charge in [0.1, 0.15) is 0 Å². The number of halogens is 4. The quantitative estimate of drug-likeness (QED) is 0.360. The van der Waals surface area contributed by atoms with Gasteiger partial charge in [0.05, 0.1) is 26.2 Å². The fourth-order valence-electron chi connectivity index (χ4n) is 2.23. The molecule has 0 spiro atoms. The molecule has 0 radical (unpaired) electrons. The van der Waals surface area contributed by atoms with Gasteiger partial charge in [0.15, 0.2) is 0 Å². The SMILES string of the molecule is CCC[N+](CC)(CCC)CCC.F[B-](F)(F)F.[H+]. The molecule has 0 heterocycles. The molecule has 0 saturated heterocycles. The van der Waals surface area contributed by atoms with Gasteiger partial charge in [-0.05, 0) is 26.2 Å². The minimum Gasteiger partial charge on any atom is -0.418 e. The van der Waals surface area contributed by atoms with Crippen LogP contribution in [0.5, 0.6) is 0 Å². The minimum absolute atomic E-state index is 0. The van der Waals surface area contributed by atoms with Crippen LogP contribution in [-0.4, -0.2) is 37.9 Å². The molecule has 0 amide bonds. The number of rotatable bonds is 7. The zero-order chi connectivity index (χ0) is 13.9. The van der Waals surface area contributed by atoms with E-state index in [1.807, 2.05) is 0 Å². The van der Waals surface area contributed by atoms with Crippen molar-refractivity contribution in [3.8, 4) is 0 Å². The normalized spacial score (nSPS) is 12.0. The largest absolute Gasteiger partial charge is 1.00 e. The smallest absolute Gasteiger partial charge is 0.418 e. The Kier molecular flexibility index (Phi) is 10.9. The van der Waals surface area contributed by atoms with E-state index in [2.05, 4.69) is 27.7 Å². The maximum absolute atomic E-state index is 9.75. The Labute approximate surface area is 104 Å². The van der Waals surface area contributed by atoms with Crippen LogP contribution < -0.4 is 0 Å². The highest BCUT2D eigenvalue weighted by molar-refractivity contribution is 6.50. The van der Waals surface area contributed by atoms with Crippen molar-refractivity contribution in [2.45, 2.75) is 47.0 Å². The average Bonchev–Trinajstić information content (AvgIpc) is 2.16. The van der Waals surface area contributed by atoms with Crippen LogP contribution in [-0.2, 0) is 0 Å². The van der Waals surface area contributed by atoms with Crippen molar-refractivity contribution in [1.29, 1.82) is 0 Å². The number of quaternary nitrogens is 1. The molecule has 0 aromatic carbocycles. The molecule has 0 aliphatic carbocycles. The van der Waals surface area contributed by atoms with Gasteiger partial charge < -0.3 is 21.7 Å². The first-order valence-corrected chi connectivity index (χ1v) is 6.47. The minimum atomic E-state index is -6.00. The first-order valence-electron chi connectivity index (χ1n) is 6.47. The predicted octanol–water partition coefficient (Wildman–Crippen LogP) is 4.47. The lowest BCUT2D eigenvalue weighted by Crippen LogP contribution is -2.49. The van der Waals surface area contributed by atoms with E-state index in [4.69, 9.17) is 0 Å². The molecule has 6 heteroatoms. The second-order valence-electron chi connectivity index (χ2n) is 4.32. The van der Waals surface area contributed by atoms with E-state index in [1.54, 1.807) is 0 Å². The molecule has 0 unspecified atom stereocenters. The fraction of sp³-hybridized carbons (Fsp3) is 1.00. The summed E-state index contributed by atoms with van der Waals surface area (Å²) in [7, 11) is -6.00. The molecule has 1 nitrogen and oxygen atoms in total. The van der Waals surface area contributed by atoms with Gasteiger partial charge in [-0.2, -0.15) is 0 Å². The van der Waals surface area contributed by atoms with Crippen LogP contribution >= 0.6 is 0 Å². The van der Waals surface area contributed by atoms with Gasteiger partial charge in [-0.15, -0.1) is 0 Å². The molecule has 0 rings (SSSR count). The highest BCUT2D eigenvalue weighted by atomic mass is 19.5. The predicted molar refractivity (Wildman–Crippen MR) is 67.6 cm³/mol. The summed E-state index contributed by atoms with van der Waals surface area (Å²) in [5.74, 6) is 0. The Morgan fingerprint density at radius 2 is 1.00 bits per heavy atom. The first kappa shape index (κ1) is 19.1.